The number of hydrogen-bond acceptors (Lipinski definition) is 4. The number of rotatable bonds is 7. The first-order valence-electron chi connectivity index (χ1n) is 5.70. The van der Waals surface area contributed by atoms with E-state index in [0.717, 1.165) is 0 Å². The molecule has 17 heavy (non-hydrogen) atoms. The van der Waals surface area contributed by atoms with Gasteiger partial charge in [-0.2, -0.15) is 0 Å². The van der Waals surface area contributed by atoms with Crippen molar-refractivity contribution in [3.63, 3.8) is 0 Å². The van der Waals surface area contributed by atoms with Gasteiger partial charge in [0.2, 0.25) is 0 Å². The first-order chi connectivity index (χ1) is 8.27. The van der Waals surface area contributed by atoms with E-state index in [1.165, 1.54) is 0 Å². The van der Waals surface area contributed by atoms with Crippen LogP contribution in [0.3, 0.4) is 0 Å². The molecule has 94 valence electrons. The summed E-state index contributed by atoms with van der Waals surface area (Å²) in [6.07, 6.45) is 1.18. The van der Waals surface area contributed by atoms with Crippen molar-refractivity contribution in [2.75, 3.05) is 19.8 Å². The number of hydrogen-bond donors (Lipinski definition) is 1. The van der Waals surface area contributed by atoms with E-state index in [4.69, 9.17) is 9.47 Å². The molecule has 1 rings (SSSR count). The summed E-state index contributed by atoms with van der Waals surface area (Å²) in [5.41, 5.74) is 0.388. The summed E-state index contributed by atoms with van der Waals surface area (Å²) in [4.78, 5) is 15.6. The maximum absolute atomic E-state index is 11.7. The molecule has 0 radical (unpaired) electrons. The number of carbonyl (C=O) groups is 1. The minimum absolute atomic E-state index is 0.227. The second-order valence-corrected chi connectivity index (χ2v) is 3.27. The molecule has 1 aromatic rings. The summed E-state index contributed by atoms with van der Waals surface area (Å²) in [6, 6.07) is 5.19. The molecule has 0 saturated heterocycles. The molecule has 0 aliphatic rings. The Bertz CT molecular complexity index is 324. The molecule has 0 bridgehead atoms. The average Bonchev–Trinajstić information content (AvgIpc) is 2.37. The van der Waals surface area contributed by atoms with E-state index in [-0.39, 0.29) is 5.91 Å². The number of carbonyl (C=O) groups excluding carboxylic acids is 1. The van der Waals surface area contributed by atoms with Gasteiger partial charge < -0.3 is 14.8 Å². The summed E-state index contributed by atoms with van der Waals surface area (Å²) in [7, 11) is 0. The van der Waals surface area contributed by atoms with Crippen LogP contribution in [0.2, 0.25) is 0 Å². The van der Waals surface area contributed by atoms with E-state index in [1.54, 1.807) is 24.4 Å². The van der Waals surface area contributed by atoms with Crippen molar-refractivity contribution in [3.8, 4) is 0 Å². The first-order valence-corrected chi connectivity index (χ1v) is 5.70. The van der Waals surface area contributed by atoms with Crippen LogP contribution < -0.4 is 5.32 Å². The molecule has 0 spiro atoms. The molecule has 1 heterocycles. The highest BCUT2D eigenvalue weighted by Gasteiger charge is 2.11. The number of nitrogens with one attached hydrogen (secondary N) is 1. The largest absolute Gasteiger partial charge is 0.351 e. The zero-order chi connectivity index (χ0) is 12.5. The van der Waals surface area contributed by atoms with Crippen molar-refractivity contribution in [2.24, 2.45) is 0 Å². The fraction of sp³-hybridized carbons (Fsp3) is 0.500. The quantitative estimate of drug-likeness (QED) is 0.725. The van der Waals surface area contributed by atoms with Crippen LogP contribution in [-0.4, -0.2) is 36.9 Å². The predicted octanol–water partition coefficient (Wildman–Crippen LogP) is 1.21. The fourth-order valence-electron chi connectivity index (χ4n) is 1.30. The Morgan fingerprint density at radius 1 is 1.35 bits per heavy atom. The predicted molar refractivity (Wildman–Crippen MR) is 63.6 cm³/mol. The van der Waals surface area contributed by atoms with Gasteiger partial charge in [-0.1, -0.05) is 6.07 Å². The Kier molecular flexibility index (Phi) is 6.21. The molecule has 0 saturated carbocycles. The van der Waals surface area contributed by atoms with Crippen LogP contribution in [-0.2, 0) is 9.47 Å². The second kappa shape index (κ2) is 7.76. The lowest BCUT2D eigenvalue weighted by atomic mass is 10.3. The number of aromatic nitrogens is 1. The van der Waals surface area contributed by atoms with Crippen molar-refractivity contribution in [2.45, 2.75) is 20.1 Å². The fourth-order valence-corrected chi connectivity index (χ4v) is 1.30. The molecule has 0 unspecified atom stereocenters. The average molecular weight is 238 g/mol. The minimum atomic E-state index is -0.405. The van der Waals surface area contributed by atoms with Crippen LogP contribution in [0.1, 0.15) is 24.3 Å². The van der Waals surface area contributed by atoms with Crippen LogP contribution in [0.15, 0.2) is 24.4 Å². The Labute approximate surface area is 101 Å². The van der Waals surface area contributed by atoms with Crippen molar-refractivity contribution in [1.82, 2.24) is 10.3 Å². The van der Waals surface area contributed by atoms with Crippen LogP contribution in [0.5, 0.6) is 0 Å². The molecule has 0 fully saturated rings. The number of nitrogens with zero attached hydrogens (tertiary/aromatic N) is 1. The highest BCUT2D eigenvalue weighted by Crippen LogP contribution is 1.96. The summed E-state index contributed by atoms with van der Waals surface area (Å²) >= 11 is 0. The molecule has 0 aliphatic carbocycles. The third-order valence-electron chi connectivity index (χ3n) is 2.03. The number of amides is 1. The smallest absolute Gasteiger partial charge is 0.270 e. The lowest BCUT2D eigenvalue weighted by Gasteiger charge is -2.17. The molecule has 1 amide bonds. The van der Waals surface area contributed by atoms with E-state index < -0.39 is 6.29 Å². The Morgan fingerprint density at radius 3 is 2.59 bits per heavy atom. The zero-order valence-corrected chi connectivity index (χ0v) is 10.2. The van der Waals surface area contributed by atoms with Gasteiger partial charge in [0.05, 0.1) is 6.54 Å². The SMILES string of the molecule is CCOC(CNC(=O)c1ccccn1)OCC. The van der Waals surface area contributed by atoms with E-state index in [0.29, 0.717) is 25.5 Å². The number of pyridine rings is 1. The van der Waals surface area contributed by atoms with Crippen molar-refractivity contribution >= 4 is 5.91 Å². The van der Waals surface area contributed by atoms with Crippen molar-refractivity contribution in [1.29, 1.82) is 0 Å². The van der Waals surface area contributed by atoms with E-state index in [1.807, 2.05) is 13.8 Å². The van der Waals surface area contributed by atoms with Gasteiger partial charge in [0.15, 0.2) is 6.29 Å². The highest BCUT2D eigenvalue weighted by atomic mass is 16.7. The van der Waals surface area contributed by atoms with Gasteiger partial charge in [0.25, 0.3) is 5.91 Å². The third-order valence-corrected chi connectivity index (χ3v) is 2.03. The molecular formula is C12H18N2O3. The van der Waals surface area contributed by atoms with Crippen LogP contribution in [0, 0.1) is 0 Å². The maximum Gasteiger partial charge on any atom is 0.270 e. The molecule has 0 aromatic carbocycles. The molecule has 1 N–H and O–H groups in total. The van der Waals surface area contributed by atoms with Crippen LogP contribution in [0.4, 0.5) is 0 Å². The summed E-state index contributed by atoms with van der Waals surface area (Å²) < 4.78 is 10.6. The van der Waals surface area contributed by atoms with Crippen molar-refractivity contribution in [3.05, 3.63) is 30.1 Å². The molecule has 5 heteroatoms. The second-order valence-electron chi connectivity index (χ2n) is 3.27. The monoisotopic (exact) mass is 238 g/mol. The van der Waals surface area contributed by atoms with Gasteiger partial charge in [-0.05, 0) is 26.0 Å². The Morgan fingerprint density at radius 2 is 2.06 bits per heavy atom. The molecular weight excluding hydrogens is 220 g/mol. The third kappa shape index (κ3) is 4.93. The van der Waals surface area contributed by atoms with Crippen LogP contribution in [0.25, 0.3) is 0 Å². The lowest BCUT2D eigenvalue weighted by molar-refractivity contribution is -0.131. The summed E-state index contributed by atoms with van der Waals surface area (Å²) in [5, 5.41) is 2.72. The Hall–Kier alpha value is -1.46. The van der Waals surface area contributed by atoms with E-state index in [9.17, 15) is 4.79 Å². The van der Waals surface area contributed by atoms with Gasteiger partial charge in [0, 0.05) is 19.4 Å². The molecule has 1 aromatic heterocycles. The zero-order valence-electron chi connectivity index (χ0n) is 10.2. The Balaban J connectivity index is 2.41. The standard InChI is InChI=1S/C12H18N2O3/c1-3-16-11(17-4-2)9-14-12(15)10-7-5-6-8-13-10/h5-8,11H,3-4,9H2,1-2H3,(H,14,15). The molecule has 0 aliphatic heterocycles. The normalized spacial score (nSPS) is 10.5. The van der Waals surface area contributed by atoms with Gasteiger partial charge in [-0.25, -0.2) is 0 Å². The summed E-state index contributed by atoms with van der Waals surface area (Å²) in [6.45, 7) is 5.17. The van der Waals surface area contributed by atoms with Gasteiger partial charge in [-0.15, -0.1) is 0 Å². The molecule has 0 atom stereocenters. The maximum atomic E-state index is 11.7. The topological polar surface area (TPSA) is 60.5 Å². The first kappa shape index (κ1) is 13.6. The minimum Gasteiger partial charge on any atom is -0.351 e. The van der Waals surface area contributed by atoms with Crippen LogP contribution >= 0.6 is 0 Å². The van der Waals surface area contributed by atoms with Gasteiger partial charge in [0.1, 0.15) is 5.69 Å². The van der Waals surface area contributed by atoms with Gasteiger partial charge >= 0.3 is 0 Å². The molecule has 5 nitrogen and oxygen atoms in total. The highest BCUT2D eigenvalue weighted by molar-refractivity contribution is 5.92. The lowest BCUT2D eigenvalue weighted by Crippen LogP contribution is -2.35. The van der Waals surface area contributed by atoms with E-state index in [2.05, 4.69) is 10.3 Å². The van der Waals surface area contributed by atoms with Crippen molar-refractivity contribution < 1.29 is 14.3 Å². The summed E-state index contributed by atoms with van der Waals surface area (Å²) in [5.74, 6) is -0.227. The van der Waals surface area contributed by atoms with Gasteiger partial charge in [-0.3, -0.25) is 9.78 Å². The number of ether oxygens (including phenoxy) is 2. The van der Waals surface area contributed by atoms with E-state index >= 15 is 0 Å².